The summed E-state index contributed by atoms with van der Waals surface area (Å²) in [6, 6.07) is 0. The van der Waals surface area contributed by atoms with Gasteiger partial charge in [-0.3, -0.25) is 4.18 Å². The zero-order valence-corrected chi connectivity index (χ0v) is 8.97. The second-order valence-electron chi connectivity index (χ2n) is 2.74. The lowest BCUT2D eigenvalue weighted by Gasteiger charge is -2.09. The minimum atomic E-state index is -0.987. The normalized spacial score (nSPS) is 10.0. The first-order valence-corrected chi connectivity index (χ1v) is 5.14. The Hall–Kier alpha value is -0.420. The van der Waals surface area contributed by atoms with Gasteiger partial charge in [-0.15, -0.1) is 0 Å². The Morgan fingerprint density at radius 3 is 2.69 bits per heavy atom. The van der Waals surface area contributed by atoms with E-state index >= 15 is 0 Å². The van der Waals surface area contributed by atoms with Crippen LogP contribution in [-0.2, 0) is 4.18 Å². The first-order valence-electron chi connectivity index (χ1n) is 4.44. The van der Waals surface area contributed by atoms with Gasteiger partial charge in [0.1, 0.15) is 12.2 Å². The number of amides is 1. The molecule has 0 fully saturated rings. The molecule has 13 heavy (non-hydrogen) atoms. The average Bonchev–Trinajstić information content (AvgIpc) is 2.10. The van der Waals surface area contributed by atoms with Crippen molar-refractivity contribution in [3.63, 3.8) is 0 Å². The largest absolute Gasteiger partial charge is 0.464 e. The van der Waals surface area contributed by atoms with Crippen LogP contribution in [0.15, 0.2) is 0 Å². The number of rotatable bonds is 7. The van der Waals surface area contributed by atoms with Gasteiger partial charge in [-0.05, 0) is 6.42 Å². The molecule has 4 nitrogen and oxygen atoms in total. The number of carbonyl (C=O) groups is 1. The molecule has 0 aromatic heterocycles. The van der Waals surface area contributed by atoms with Gasteiger partial charge in [0.2, 0.25) is 0 Å². The number of nitrogens with zero attached hydrogens (tertiary/aromatic N) is 1. The van der Waals surface area contributed by atoms with Crippen molar-refractivity contribution in [3.8, 4) is 0 Å². The molecule has 5 heteroatoms. The van der Waals surface area contributed by atoms with Crippen molar-refractivity contribution in [2.45, 2.75) is 32.6 Å². The molecule has 0 heterocycles. The van der Waals surface area contributed by atoms with Crippen LogP contribution in [0.3, 0.4) is 0 Å². The topological polar surface area (TPSA) is 49.8 Å². The lowest BCUT2D eigenvalue weighted by atomic mass is 10.2. The van der Waals surface area contributed by atoms with E-state index in [1.54, 1.807) is 0 Å². The van der Waals surface area contributed by atoms with Crippen molar-refractivity contribution in [1.29, 1.82) is 0 Å². The molecule has 1 N–H and O–H groups in total. The van der Waals surface area contributed by atoms with E-state index in [0.717, 1.165) is 29.4 Å². The summed E-state index contributed by atoms with van der Waals surface area (Å²) < 4.78 is 6.11. The lowest BCUT2D eigenvalue weighted by molar-refractivity contribution is 0.178. The van der Waals surface area contributed by atoms with E-state index < -0.39 is 6.09 Å². The molecular weight excluding hydrogens is 190 g/mol. The monoisotopic (exact) mass is 207 g/mol. The summed E-state index contributed by atoms with van der Waals surface area (Å²) in [5, 5.41) is 8.45. The molecule has 0 aromatic carbocycles. The molecular formula is C8H17NO3S. The SMILES string of the molecule is CCCCCCOSN(C)C(=O)O. The molecule has 0 aliphatic carbocycles. The van der Waals surface area contributed by atoms with Gasteiger partial charge in [-0.25, -0.2) is 9.10 Å². The smallest absolute Gasteiger partial charge is 0.418 e. The van der Waals surface area contributed by atoms with Crippen LogP contribution < -0.4 is 0 Å². The summed E-state index contributed by atoms with van der Waals surface area (Å²) in [7, 11) is 1.46. The van der Waals surface area contributed by atoms with E-state index in [9.17, 15) is 4.79 Å². The number of hydrogen-bond donors (Lipinski definition) is 1. The maximum atomic E-state index is 10.3. The van der Waals surface area contributed by atoms with E-state index in [0.29, 0.717) is 6.61 Å². The number of unbranched alkanes of at least 4 members (excludes halogenated alkanes) is 3. The predicted octanol–water partition coefficient (Wildman–Crippen LogP) is 2.76. The number of hydrogen-bond acceptors (Lipinski definition) is 3. The van der Waals surface area contributed by atoms with E-state index in [1.165, 1.54) is 19.9 Å². The van der Waals surface area contributed by atoms with Gasteiger partial charge in [0.15, 0.2) is 0 Å². The van der Waals surface area contributed by atoms with Crippen LogP contribution in [0.5, 0.6) is 0 Å². The average molecular weight is 207 g/mol. The van der Waals surface area contributed by atoms with Crippen molar-refractivity contribution in [1.82, 2.24) is 4.31 Å². The van der Waals surface area contributed by atoms with Crippen molar-refractivity contribution in [2.24, 2.45) is 0 Å². The highest BCUT2D eigenvalue weighted by molar-refractivity contribution is 7.92. The van der Waals surface area contributed by atoms with Gasteiger partial charge in [-0.1, -0.05) is 26.2 Å². The lowest BCUT2D eigenvalue weighted by Crippen LogP contribution is -2.16. The van der Waals surface area contributed by atoms with E-state index in [-0.39, 0.29) is 0 Å². The highest BCUT2D eigenvalue weighted by atomic mass is 32.2. The summed E-state index contributed by atoms with van der Waals surface area (Å²) in [5.41, 5.74) is 0. The molecule has 0 bridgehead atoms. The van der Waals surface area contributed by atoms with Crippen molar-refractivity contribution < 1.29 is 14.1 Å². The Kier molecular flexibility index (Phi) is 7.93. The van der Waals surface area contributed by atoms with Gasteiger partial charge >= 0.3 is 6.09 Å². The first-order chi connectivity index (χ1) is 6.18. The molecule has 0 aromatic rings. The van der Waals surface area contributed by atoms with Crippen LogP contribution >= 0.6 is 12.2 Å². The maximum absolute atomic E-state index is 10.3. The van der Waals surface area contributed by atoms with Crippen LogP contribution in [0.2, 0.25) is 0 Å². The fraction of sp³-hybridized carbons (Fsp3) is 0.875. The van der Waals surface area contributed by atoms with Crippen molar-refractivity contribution in [3.05, 3.63) is 0 Å². The molecule has 0 radical (unpaired) electrons. The summed E-state index contributed by atoms with van der Waals surface area (Å²) in [5.74, 6) is 0. The molecule has 0 rings (SSSR count). The molecule has 0 saturated heterocycles. The minimum absolute atomic E-state index is 0.613. The molecule has 78 valence electrons. The van der Waals surface area contributed by atoms with Crippen molar-refractivity contribution >= 4 is 18.3 Å². The highest BCUT2D eigenvalue weighted by Gasteiger charge is 2.05. The minimum Gasteiger partial charge on any atom is -0.464 e. The molecule has 0 unspecified atom stereocenters. The Morgan fingerprint density at radius 2 is 2.15 bits per heavy atom. The third kappa shape index (κ3) is 7.93. The van der Waals surface area contributed by atoms with Crippen LogP contribution in [0, 0.1) is 0 Å². The Morgan fingerprint density at radius 1 is 1.46 bits per heavy atom. The van der Waals surface area contributed by atoms with E-state index in [2.05, 4.69) is 6.92 Å². The summed E-state index contributed by atoms with van der Waals surface area (Å²) in [6.45, 7) is 2.76. The van der Waals surface area contributed by atoms with Gasteiger partial charge in [0.25, 0.3) is 0 Å². The van der Waals surface area contributed by atoms with Gasteiger partial charge in [0.05, 0.1) is 6.61 Å². The highest BCUT2D eigenvalue weighted by Crippen LogP contribution is 2.10. The molecule has 0 aliphatic rings. The quantitative estimate of drug-likeness (QED) is 0.396. The zero-order chi connectivity index (χ0) is 10.1. The van der Waals surface area contributed by atoms with Gasteiger partial charge in [0, 0.05) is 7.05 Å². The van der Waals surface area contributed by atoms with Crippen LogP contribution in [0.4, 0.5) is 4.79 Å². The van der Waals surface area contributed by atoms with Crippen LogP contribution in [-0.4, -0.2) is 29.2 Å². The van der Waals surface area contributed by atoms with E-state index in [4.69, 9.17) is 9.29 Å². The third-order valence-corrected chi connectivity index (χ3v) is 2.17. The zero-order valence-electron chi connectivity index (χ0n) is 8.15. The second-order valence-corrected chi connectivity index (χ2v) is 3.67. The summed E-state index contributed by atoms with van der Waals surface area (Å²) in [6.07, 6.45) is 3.56. The molecule has 0 saturated carbocycles. The van der Waals surface area contributed by atoms with E-state index in [1.807, 2.05) is 0 Å². The standard InChI is InChI=1S/C8H17NO3S/c1-3-4-5-6-7-12-13-9(2)8(10)11/h3-7H2,1-2H3,(H,10,11). The Balaban J connectivity index is 3.11. The summed E-state index contributed by atoms with van der Waals surface area (Å²) >= 11 is 0.876. The van der Waals surface area contributed by atoms with Crippen LogP contribution in [0.1, 0.15) is 32.6 Å². The predicted molar refractivity (Wildman–Crippen MR) is 53.5 cm³/mol. The molecule has 0 atom stereocenters. The fourth-order valence-corrected chi connectivity index (χ4v) is 1.15. The Labute approximate surface area is 83.6 Å². The van der Waals surface area contributed by atoms with Crippen molar-refractivity contribution in [2.75, 3.05) is 13.7 Å². The molecule has 0 aliphatic heterocycles. The first kappa shape index (κ1) is 12.6. The Bertz CT molecular complexity index is 143. The molecule has 1 amide bonds. The van der Waals surface area contributed by atoms with Crippen LogP contribution in [0.25, 0.3) is 0 Å². The van der Waals surface area contributed by atoms with Gasteiger partial charge < -0.3 is 5.11 Å². The summed E-state index contributed by atoms with van der Waals surface area (Å²) in [4.78, 5) is 10.3. The third-order valence-electron chi connectivity index (χ3n) is 1.52. The maximum Gasteiger partial charge on any atom is 0.418 e. The number of carboxylic acid groups (broad SMARTS) is 1. The molecule has 0 spiro atoms. The fourth-order valence-electron chi connectivity index (χ4n) is 0.736. The van der Waals surface area contributed by atoms with Gasteiger partial charge in [-0.2, -0.15) is 0 Å². The second kappa shape index (κ2) is 8.19.